The highest BCUT2D eigenvalue weighted by Gasteiger charge is 2.39. The Hall–Kier alpha value is -3.12. The van der Waals surface area contributed by atoms with Gasteiger partial charge in [0.05, 0.1) is 17.9 Å². The molecule has 3 rings (SSSR count). The van der Waals surface area contributed by atoms with Gasteiger partial charge < -0.3 is 10.1 Å². The van der Waals surface area contributed by atoms with Crippen LogP contribution in [0.3, 0.4) is 0 Å². The summed E-state index contributed by atoms with van der Waals surface area (Å²) >= 11 is 6.15. The van der Waals surface area contributed by atoms with E-state index in [1.807, 2.05) is 32.0 Å². The van der Waals surface area contributed by atoms with Crippen LogP contribution in [0.25, 0.3) is 0 Å². The van der Waals surface area contributed by atoms with Crippen molar-refractivity contribution >= 4 is 40.8 Å². The van der Waals surface area contributed by atoms with Gasteiger partial charge in [0.1, 0.15) is 10.7 Å². The minimum absolute atomic E-state index is 0.0196. The molecule has 7 heteroatoms. The van der Waals surface area contributed by atoms with Gasteiger partial charge in [-0.15, -0.1) is 0 Å². The first kappa shape index (κ1) is 19.6. The van der Waals surface area contributed by atoms with Gasteiger partial charge >= 0.3 is 5.97 Å². The second kappa shape index (κ2) is 7.86. The number of halogens is 1. The van der Waals surface area contributed by atoms with Crippen molar-refractivity contribution in [3.63, 3.8) is 0 Å². The molecule has 0 saturated heterocycles. The van der Waals surface area contributed by atoms with Gasteiger partial charge in [-0.25, -0.2) is 9.69 Å². The van der Waals surface area contributed by atoms with Gasteiger partial charge in [-0.1, -0.05) is 17.7 Å². The highest BCUT2D eigenvalue weighted by molar-refractivity contribution is 6.53. The Bertz CT molecular complexity index is 976. The molecule has 0 atom stereocenters. The highest BCUT2D eigenvalue weighted by Crippen LogP contribution is 2.30. The molecule has 1 aliphatic heterocycles. The predicted molar refractivity (Wildman–Crippen MR) is 107 cm³/mol. The monoisotopic (exact) mass is 398 g/mol. The number of nitrogens with one attached hydrogen (secondary N) is 1. The van der Waals surface area contributed by atoms with E-state index in [0.29, 0.717) is 16.9 Å². The van der Waals surface area contributed by atoms with Gasteiger partial charge in [0, 0.05) is 5.69 Å². The Balaban J connectivity index is 1.85. The zero-order chi connectivity index (χ0) is 20.4. The van der Waals surface area contributed by atoms with Crippen molar-refractivity contribution in [2.45, 2.75) is 20.8 Å². The first-order valence-electron chi connectivity index (χ1n) is 8.73. The molecule has 0 saturated carbocycles. The van der Waals surface area contributed by atoms with E-state index in [9.17, 15) is 14.4 Å². The van der Waals surface area contributed by atoms with E-state index in [0.717, 1.165) is 16.0 Å². The topological polar surface area (TPSA) is 75.7 Å². The lowest BCUT2D eigenvalue weighted by molar-refractivity contribution is -0.120. The van der Waals surface area contributed by atoms with Crippen LogP contribution >= 0.6 is 11.6 Å². The molecule has 0 aliphatic carbocycles. The van der Waals surface area contributed by atoms with E-state index in [1.54, 1.807) is 6.92 Å². The standard InChI is InChI=1S/C21H19ClN2O4/c1-4-28-21(27)14-5-7-16(8-6-14)24-19(25)17(22)18(20(24)26)23-15-10-12(2)9-13(3)11-15/h5-11,23H,4H2,1-3H3. The van der Waals surface area contributed by atoms with Crippen molar-refractivity contribution in [2.24, 2.45) is 0 Å². The number of amides is 2. The van der Waals surface area contributed by atoms with Crippen LogP contribution in [0.5, 0.6) is 0 Å². The molecule has 2 aromatic rings. The molecule has 1 aliphatic rings. The molecule has 1 heterocycles. The zero-order valence-electron chi connectivity index (χ0n) is 15.7. The summed E-state index contributed by atoms with van der Waals surface area (Å²) in [6, 6.07) is 11.7. The lowest BCUT2D eigenvalue weighted by Gasteiger charge is -2.15. The van der Waals surface area contributed by atoms with Gasteiger partial charge in [-0.05, 0) is 68.3 Å². The summed E-state index contributed by atoms with van der Waals surface area (Å²) in [5.74, 6) is -1.65. The van der Waals surface area contributed by atoms with Crippen molar-refractivity contribution in [3.05, 3.63) is 69.9 Å². The molecular formula is C21H19ClN2O4. The number of hydrogen-bond acceptors (Lipinski definition) is 5. The van der Waals surface area contributed by atoms with Crippen LogP contribution in [0.2, 0.25) is 0 Å². The molecule has 0 unspecified atom stereocenters. The number of ether oxygens (including phenoxy) is 1. The van der Waals surface area contributed by atoms with Crippen molar-refractivity contribution in [1.82, 2.24) is 0 Å². The first-order valence-corrected chi connectivity index (χ1v) is 9.10. The van der Waals surface area contributed by atoms with Crippen LogP contribution in [0.15, 0.2) is 53.2 Å². The number of rotatable bonds is 5. The number of carbonyl (C=O) groups is 3. The second-order valence-corrected chi connectivity index (χ2v) is 6.78. The number of hydrogen-bond donors (Lipinski definition) is 1. The molecule has 6 nitrogen and oxygen atoms in total. The highest BCUT2D eigenvalue weighted by atomic mass is 35.5. The maximum atomic E-state index is 12.8. The average molecular weight is 399 g/mol. The molecular weight excluding hydrogens is 380 g/mol. The first-order chi connectivity index (χ1) is 13.3. The summed E-state index contributed by atoms with van der Waals surface area (Å²) in [6.45, 7) is 5.85. The van der Waals surface area contributed by atoms with Crippen molar-refractivity contribution in [3.8, 4) is 0 Å². The van der Waals surface area contributed by atoms with E-state index in [2.05, 4.69) is 5.32 Å². The number of carbonyl (C=O) groups excluding carboxylic acids is 3. The van der Waals surface area contributed by atoms with E-state index in [-0.39, 0.29) is 17.3 Å². The number of benzene rings is 2. The SMILES string of the molecule is CCOC(=O)c1ccc(N2C(=O)C(Cl)=C(Nc3cc(C)cc(C)c3)C2=O)cc1. The summed E-state index contributed by atoms with van der Waals surface area (Å²) in [4.78, 5) is 38.1. The third kappa shape index (κ3) is 3.77. The maximum Gasteiger partial charge on any atom is 0.338 e. The lowest BCUT2D eigenvalue weighted by atomic mass is 10.1. The summed E-state index contributed by atoms with van der Waals surface area (Å²) in [6.07, 6.45) is 0. The van der Waals surface area contributed by atoms with Crippen LogP contribution in [-0.4, -0.2) is 24.4 Å². The minimum atomic E-state index is -0.623. The summed E-state index contributed by atoms with van der Waals surface area (Å²) < 4.78 is 4.93. The third-order valence-corrected chi connectivity index (χ3v) is 4.51. The van der Waals surface area contributed by atoms with Gasteiger partial charge in [0.2, 0.25) is 0 Å². The Labute approximate surface area is 167 Å². The van der Waals surface area contributed by atoms with E-state index in [4.69, 9.17) is 16.3 Å². The smallest absolute Gasteiger partial charge is 0.338 e. The normalized spacial score (nSPS) is 13.9. The zero-order valence-corrected chi connectivity index (χ0v) is 16.5. The van der Waals surface area contributed by atoms with Crippen LogP contribution in [-0.2, 0) is 14.3 Å². The second-order valence-electron chi connectivity index (χ2n) is 6.40. The Morgan fingerprint density at radius 1 is 1.04 bits per heavy atom. The van der Waals surface area contributed by atoms with Crippen molar-refractivity contribution < 1.29 is 19.1 Å². The fourth-order valence-corrected chi connectivity index (χ4v) is 3.21. The minimum Gasteiger partial charge on any atom is -0.462 e. The average Bonchev–Trinajstić information content (AvgIpc) is 2.85. The maximum absolute atomic E-state index is 12.8. The quantitative estimate of drug-likeness (QED) is 0.610. The fraction of sp³-hybridized carbons (Fsp3) is 0.190. The molecule has 0 spiro atoms. The van der Waals surface area contributed by atoms with E-state index < -0.39 is 17.8 Å². The molecule has 2 amide bonds. The Morgan fingerprint density at radius 3 is 2.21 bits per heavy atom. The van der Waals surface area contributed by atoms with Crippen molar-refractivity contribution in [1.29, 1.82) is 0 Å². The molecule has 0 bridgehead atoms. The van der Waals surface area contributed by atoms with E-state index >= 15 is 0 Å². The third-order valence-electron chi connectivity index (χ3n) is 4.15. The van der Waals surface area contributed by atoms with Crippen LogP contribution in [0, 0.1) is 13.8 Å². The van der Waals surface area contributed by atoms with Crippen LogP contribution < -0.4 is 10.2 Å². The molecule has 28 heavy (non-hydrogen) atoms. The summed E-state index contributed by atoms with van der Waals surface area (Å²) in [5.41, 5.74) is 3.37. The van der Waals surface area contributed by atoms with Crippen LogP contribution in [0.1, 0.15) is 28.4 Å². The Morgan fingerprint density at radius 2 is 1.64 bits per heavy atom. The number of imide groups is 1. The van der Waals surface area contributed by atoms with Gasteiger partial charge in [0.25, 0.3) is 11.8 Å². The molecule has 0 radical (unpaired) electrons. The summed E-state index contributed by atoms with van der Waals surface area (Å²) in [7, 11) is 0. The fourth-order valence-electron chi connectivity index (χ4n) is 3.00. The molecule has 0 aromatic heterocycles. The summed E-state index contributed by atoms with van der Waals surface area (Å²) in [5, 5.41) is 2.78. The number of nitrogens with zero attached hydrogens (tertiary/aromatic N) is 1. The van der Waals surface area contributed by atoms with Gasteiger partial charge in [-0.3, -0.25) is 9.59 Å². The predicted octanol–water partition coefficient (Wildman–Crippen LogP) is 3.92. The largest absolute Gasteiger partial charge is 0.462 e. The molecule has 1 N–H and O–H groups in total. The Kier molecular flexibility index (Phi) is 5.51. The molecule has 2 aromatic carbocycles. The van der Waals surface area contributed by atoms with Crippen molar-refractivity contribution in [2.75, 3.05) is 16.8 Å². The van der Waals surface area contributed by atoms with Crippen LogP contribution in [0.4, 0.5) is 11.4 Å². The number of aryl methyl sites for hydroxylation is 2. The number of esters is 1. The van der Waals surface area contributed by atoms with E-state index in [1.165, 1.54) is 24.3 Å². The van der Waals surface area contributed by atoms with Gasteiger partial charge in [-0.2, -0.15) is 0 Å². The van der Waals surface area contributed by atoms with Gasteiger partial charge in [0.15, 0.2) is 0 Å². The molecule has 144 valence electrons. The molecule has 0 fully saturated rings. The lowest BCUT2D eigenvalue weighted by Crippen LogP contribution is -2.32. The number of anilines is 2.